The van der Waals surface area contributed by atoms with E-state index in [-0.39, 0.29) is 0 Å². The second kappa shape index (κ2) is 6.08. The zero-order valence-electron chi connectivity index (χ0n) is 5.36. The minimum atomic E-state index is -1.56. The maximum atomic E-state index is 11.3. The first-order chi connectivity index (χ1) is 4.27. The molecular formula is C6H10F2S. The van der Waals surface area contributed by atoms with Crippen LogP contribution >= 0.6 is 11.8 Å². The summed E-state index contributed by atoms with van der Waals surface area (Å²) in [4.78, 5) is 0. The number of rotatable bonds is 4. The van der Waals surface area contributed by atoms with Crippen LogP contribution in [0.15, 0.2) is 12.2 Å². The topological polar surface area (TPSA) is 0 Å². The third kappa shape index (κ3) is 7.95. The lowest BCUT2D eigenvalue weighted by molar-refractivity contribution is 0.418. The quantitative estimate of drug-likeness (QED) is 0.558. The molecule has 0 heterocycles. The van der Waals surface area contributed by atoms with Gasteiger partial charge in [0.05, 0.1) is 0 Å². The molecule has 0 fully saturated rings. The van der Waals surface area contributed by atoms with E-state index in [1.165, 1.54) is 0 Å². The second-order valence-electron chi connectivity index (χ2n) is 1.48. The Bertz CT molecular complexity index is 87.1. The Hall–Kier alpha value is -0.0500. The molecule has 0 aliphatic rings. The van der Waals surface area contributed by atoms with Gasteiger partial charge in [0.15, 0.2) is 0 Å². The van der Waals surface area contributed by atoms with Crippen LogP contribution in [-0.4, -0.2) is 11.5 Å². The normalized spacial score (nSPS) is 9.22. The molecule has 0 bridgehead atoms. The Kier molecular flexibility index (Phi) is 6.04. The first kappa shape index (κ1) is 8.95. The number of allylic oxidation sites excluding steroid dienone is 1. The fourth-order valence-electron chi connectivity index (χ4n) is 0.396. The monoisotopic (exact) mass is 152 g/mol. The van der Waals surface area contributed by atoms with Crippen LogP contribution in [0.4, 0.5) is 8.78 Å². The van der Waals surface area contributed by atoms with Crippen LogP contribution in [0.2, 0.25) is 0 Å². The molecule has 0 nitrogen and oxygen atoms in total. The van der Waals surface area contributed by atoms with E-state index in [4.69, 9.17) is 0 Å². The third-order valence-corrected chi connectivity index (χ3v) is 1.70. The highest BCUT2D eigenvalue weighted by Crippen LogP contribution is 2.04. The fraction of sp³-hybridized carbons (Fsp3) is 0.667. The molecule has 0 amide bonds. The summed E-state index contributed by atoms with van der Waals surface area (Å²) in [7, 11) is 0. The maximum Gasteiger partial charge on any atom is 0.266 e. The lowest BCUT2D eigenvalue weighted by Crippen LogP contribution is -1.75. The standard InChI is InChI=1S/C6H10F2S/c1-2-9-5-3-4-6(7)8/h4H,2-3,5H2,1H3. The summed E-state index contributed by atoms with van der Waals surface area (Å²) >= 11 is 1.67. The molecule has 0 unspecified atom stereocenters. The number of halogens is 2. The largest absolute Gasteiger partial charge is 0.266 e. The van der Waals surface area contributed by atoms with Crippen molar-refractivity contribution in [2.45, 2.75) is 13.3 Å². The van der Waals surface area contributed by atoms with E-state index < -0.39 is 6.08 Å². The molecule has 0 radical (unpaired) electrons. The molecule has 0 spiro atoms. The maximum absolute atomic E-state index is 11.3. The van der Waals surface area contributed by atoms with Crippen LogP contribution in [0.1, 0.15) is 13.3 Å². The van der Waals surface area contributed by atoms with Crippen LogP contribution < -0.4 is 0 Å². The number of hydrogen-bond donors (Lipinski definition) is 0. The van der Waals surface area contributed by atoms with Crippen molar-refractivity contribution in [1.82, 2.24) is 0 Å². The Balaban J connectivity index is 3.00. The summed E-state index contributed by atoms with van der Waals surface area (Å²) in [5.41, 5.74) is 0. The molecule has 0 aromatic rings. The van der Waals surface area contributed by atoms with Crippen molar-refractivity contribution in [1.29, 1.82) is 0 Å². The minimum absolute atomic E-state index is 0.487. The highest BCUT2D eigenvalue weighted by Gasteiger charge is 1.86. The summed E-state index contributed by atoms with van der Waals surface area (Å²) in [5.74, 6) is 1.80. The third-order valence-electron chi connectivity index (χ3n) is 0.765. The summed E-state index contributed by atoms with van der Waals surface area (Å²) in [6.45, 7) is 2.01. The van der Waals surface area contributed by atoms with Crippen LogP contribution in [-0.2, 0) is 0 Å². The van der Waals surface area contributed by atoms with E-state index in [2.05, 4.69) is 0 Å². The van der Waals surface area contributed by atoms with Crippen molar-refractivity contribution < 1.29 is 8.78 Å². The molecule has 0 aliphatic carbocycles. The number of hydrogen-bond acceptors (Lipinski definition) is 1. The van der Waals surface area contributed by atoms with Crippen molar-refractivity contribution in [3.05, 3.63) is 12.2 Å². The second-order valence-corrected chi connectivity index (χ2v) is 2.87. The first-order valence-electron chi connectivity index (χ1n) is 2.86. The summed E-state index contributed by atoms with van der Waals surface area (Å²) in [6.07, 6.45) is -0.115. The molecule has 0 aromatic carbocycles. The molecule has 9 heavy (non-hydrogen) atoms. The van der Waals surface area contributed by atoms with Gasteiger partial charge in [-0.25, -0.2) is 0 Å². The van der Waals surface area contributed by atoms with Crippen LogP contribution in [0.25, 0.3) is 0 Å². The van der Waals surface area contributed by atoms with E-state index in [9.17, 15) is 8.78 Å². The van der Waals surface area contributed by atoms with E-state index in [0.717, 1.165) is 17.6 Å². The smallest absolute Gasteiger partial charge is 0.174 e. The van der Waals surface area contributed by atoms with Crippen molar-refractivity contribution in [2.24, 2.45) is 0 Å². The van der Waals surface area contributed by atoms with Crippen LogP contribution in [0.5, 0.6) is 0 Å². The van der Waals surface area contributed by atoms with Gasteiger partial charge in [-0.05, 0) is 24.0 Å². The Morgan fingerprint density at radius 1 is 1.56 bits per heavy atom. The van der Waals surface area contributed by atoms with Gasteiger partial charge < -0.3 is 0 Å². The molecule has 0 aliphatic heterocycles. The van der Waals surface area contributed by atoms with Gasteiger partial charge in [0, 0.05) is 0 Å². The average molecular weight is 152 g/mol. The van der Waals surface area contributed by atoms with Crippen LogP contribution in [0.3, 0.4) is 0 Å². The molecule has 0 atom stereocenters. The van der Waals surface area contributed by atoms with Gasteiger partial charge in [-0.1, -0.05) is 6.92 Å². The SMILES string of the molecule is CCSCCC=C(F)F. The Morgan fingerprint density at radius 3 is 2.67 bits per heavy atom. The lowest BCUT2D eigenvalue weighted by Gasteiger charge is -1.89. The van der Waals surface area contributed by atoms with Crippen molar-refractivity contribution in [2.75, 3.05) is 11.5 Å². The Morgan fingerprint density at radius 2 is 2.22 bits per heavy atom. The van der Waals surface area contributed by atoms with Crippen molar-refractivity contribution >= 4 is 11.8 Å². The summed E-state index contributed by atoms with van der Waals surface area (Å²) in [6, 6.07) is 0. The highest BCUT2D eigenvalue weighted by molar-refractivity contribution is 7.99. The molecule has 0 N–H and O–H groups in total. The molecule has 0 rings (SSSR count). The molecule has 0 aromatic heterocycles. The first-order valence-corrected chi connectivity index (χ1v) is 4.01. The highest BCUT2D eigenvalue weighted by atomic mass is 32.2. The minimum Gasteiger partial charge on any atom is -0.174 e. The van der Waals surface area contributed by atoms with Gasteiger partial charge in [-0.15, -0.1) is 0 Å². The van der Waals surface area contributed by atoms with Gasteiger partial charge >= 0.3 is 0 Å². The van der Waals surface area contributed by atoms with Crippen molar-refractivity contribution in [3.63, 3.8) is 0 Å². The molecular weight excluding hydrogens is 142 g/mol. The van der Waals surface area contributed by atoms with Gasteiger partial charge in [0.25, 0.3) is 6.08 Å². The van der Waals surface area contributed by atoms with Gasteiger partial charge in [0.1, 0.15) is 0 Å². The predicted molar refractivity (Wildman–Crippen MR) is 37.9 cm³/mol. The van der Waals surface area contributed by atoms with Crippen LogP contribution in [0, 0.1) is 0 Å². The number of thioether (sulfide) groups is 1. The summed E-state index contributed by atoms with van der Waals surface area (Å²) < 4.78 is 22.6. The van der Waals surface area contributed by atoms with Crippen molar-refractivity contribution in [3.8, 4) is 0 Å². The van der Waals surface area contributed by atoms with E-state index in [1.807, 2.05) is 6.92 Å². The molecule has 0 saturated carbocycles. The zero-order valence-corrected chi connectivity index (χ0v) is 6.18. The molecule has 3 heteroatoms. The zero-order chi connectivity index (χ0) is 7.11. The molecule has 0 saturated heterocycles. The average Bonchev–Trinajstić information content (AvgIpc) is 1.80. The van der Waals surface area contributed by atoms with E-state index in [1.54, 1.807) is 11.8 Å². The van der Waals surface area contributed by atoms with Gasteiger partial charge in [-0.3, -0.25) is 0 Å². The van der Waals surface area contributed by atoms with E-state index in [0.29, 0.717) is 6.42 Å². The van der Waals surface area contributed by atoms with Gasteiger partial charge in [-0.2, -0.15) is 20.5 Å². The van der Waals surface area contributed by atoms with Gasteiger partial charge in [0.2, 0.25) is 0 Å². The molecule has 54 valence electrons. The predicted octanol–water partition coefficient (Wildman–Crippen LogP) is 2.91. The lowest BCUT2D eigenvalue weighted by atomic mass is 10.5. The van der Waals surface area contributed by atoms with E-state index >= 15 is 0 Å². The fourth-order valence-corrected chi connectivity index (χ4v) is 0.969. The summed E-state index contributed by atoms with van der Waals surface area (Å²) in [5, 5.41) is 0. The Labute approximate surface area is 58.3 Å².